The number of carbonyl (C=O) groups excluding carboxylic acids is 1. The second kappa shape index (κ2) is 11.6. The van der Waals surface area contributed by atoms with Gasteiger partial charge < -0.3 is 19.5 Å². The van der Waals surface area contributed by atoms with Crippen LogP contribution in [-0.2, 0) is 27.1 Å². The number of hydrogen-bond donors (Lipinski definition) is 3. The van der Waals surface area contributed by atoms with Gasteiger partial charge in [0, 0.05) is 6.16 Å². The molecule has 0 aliphatic rings. The molecule has 0 aliphatic heterocycles. The number of carboxylic acids is 1. The second-order valence-electron chi connectivity index (χ2n) is 8.19. The average Bonchev–Trinajstić information content (AvgIpc) is 2.83. The molecule has 0 bridgehead atoms. The van der Waals surface area contributed by atoms with Crippen LogP contribution >= 0.6 is 7.80 Å². The lowest BCUT2D eigenvalue weighted by molar-refractivity contribution is -0.140. The molecule has 2 unspecified atom stereocenters. The lowest BCUT2D eigenvalue weighted by Crippen LogP contribution is -2.44. The molecule has 0 fully saturated rings. The van der Waals surface area contributed by atoms with E-state index >= 15 is 0 Å². The van der Waals surface area contributed by atoms with Crippen LogP contribution < -0.4 is 5.32 Å². The lowest BCUT2D eigenvalue weighted by Gasteiger charge is -2.25. The molecule has 8 heteroatoms. The number of aliphatic carboxylic acids is 1. The van der Waals surface area contributed by atoms with Crippen LogP contribution in [-0.4, -0.2) is 33.9 Å². The normalized spacial score (nSPS) is 14.4. The fraction of sp³-hybridized carbons (Fsp3) is 0.231. The predicted octanol–water partition coefficient (Wildman–Crippen LogP) is 4.75. The first-order valence-electron chi connectivity index (χ1n) is 10.9. The molecular formula is C26H28NO6P. The maximum absolute atomic E-state index is 12.8. The van der Waals surface area contributed by atoms with Gasteiger partial charge in [-0.1, -0.05) is 84.9 Å². The molecule has 7 nitrogen and oxygen atoms in total. The molecule has 0 heterocycles. The number of alkyl carbamates (subject to hydrolysis) is 1. The van der Waals surface area contributed by atoms with Crippen molar-refractivity contribution in [3.8, 4) is 11.1 Å². The van der Waals surface area contributed by atoms with E-state index in [9.17, 15) is 24.4 Å². The Labute approximate surface area is 199 Å². The summed E-state index contributed by atoms with van der Waals surface area (Å²) in [5, 5.41) is 22.4. The van der Waals surface area contributed by atoms with Gasteiger partial charge in [-0.25, -0.2) is 4.79 Å². The summed E-state index contributed by atoms with van der Waals surface area (Å²) >= 11 is 0. The van der Waals surface area contributed by atoms with Crippen LogP contribution in [0.15, 0.2) is 84.9 Å². The van der Waals surface area contributed by atoms with Crippen LogP contribution in [0.5, 0.6) is 0 Å². The number of carbonyl (C=O) groups is 2. The summed E-state index contributed by atoms with van der Waals surface area (Å²) < 4.78 is 17.9. The highest BCUT2D eigenvalue weighted by Gasteiger charge is 2.34. The zero-order chi connectivity index (χ0) is 24.6. The van der Waals surface area contributed by atoms with Gasteiger partial charge in [0.2, 0.25) is 0 Å². The van der Waals surface area contributed by atoms with E-state index in [4.69, 9.17) is 4.74 Å². The molecule has 3 rings (SSSR count). The first-order chi connectivity index (χ1) is 16.2. The smallest absolute Gasteiger partial charge is 0.410 e. The first kappa shape index (κ1) is 25.2. The molecule has 0 saturated carbocycles. The summed E-state index contributed by atoms with van der Waals surface area (Å²) in [6.07, 6.45) is -1.06. The quantitative estimate of drug-likeness (QED) is 0.285. The zero-order valence-corrected chi connectivity index (χ0v) is 19.8. The Morgan fingerprint density at radius 2 is 1.47 bits per heavy atom. The van der Waals surface area contributed by atoms with Gasteiger partial charge in [0.15, 0.2) is 5.47 Å². The van der Waals surface area contributed by atoms with Crippen LogP contribution in [0.4, 0.5) is 4.79 Å². The van der Waals surface area contributed by atoms with E-state index in [1.165, 1.54) is 6.92 Å². The number of benzene rings is 3. The monoisotopic (exact) mass is 481 g/mol. The second-order valence-corrected chi connectivity index (χ2v) is 10.4. The molecule has 3 aromatic carbocycles. The molecule has 3 atom stereocenters. The van der Waals surface area contributed by atoms with Crippen molar-refractivity contribution in [2.75, 3.05) is 6.16 Å². The maximum atomic E-state index is 12.8. The Bertz CT molecular complexity index is 1120. The van der Waals surface area contributed by atoms with Gasteiger partial charge in [0.25, 0.3) is 0 Å². The van der Waals surface area contributed by atoms with E-state index in [2.05, 4.69) is 5.32 Å². The summed E-state index contributed by atoms with van der Waals surface area (Å²) in [5.74, 6) is -2.10. The van der Waals surface area contributed by atoms with Gasteiger partial charge in [-0.15, -0.1) is 0 Å². The minimum absolute atomic E-state index is 0.0135. The van der Waals surface area contributed by atoms with Crippen molar-refractivity contribution < 1.29 is 29.1 Å². The minimum atomic E-state index is -2.94. The van der Waals surface area contributed by atoms with E-state index in [0.717, 1.165) is 22.3 Å². The minimum Gasteiger partial charge on any atom is -0.481 e. The Hall–Kier alpha value is -3.41. The molecule has 0 radical (unpaired) electrons. The predicted molar refractivity (Wildman–Crippen MR) is 131 cm³/mol. The summed E-state index contributed by atoms with van der Waals surface area (Å²) in [6, 6.07) is 26.3. The first-order valence-corrected chi connectivity index (χ1v) is 12.5. The largest absolute Gasteiger partial charge is 0.481 e. The highest BCUT2D eigenvalue weighted by atomic mass is 31.1. The van der Waals surface area contributed by atoms with Gasteiger partial charge in [0.05, 0.1) is 5.92 Å². The Morgan fingerprint density at radius 1 is 0.912 bits per heavy atom. The molecular weight excluding hydrogens is 453 g/mol. The Balaban J connectivity index is 1.57. The van der Waals surface area contributed by atoms with E-state index in [1.807, 2.05) is 60.7 Å². The summed E-state index contributed by atoms with van der Waals surface area (Å²) in [4.78, 5) is 23.9. The topological polar surface area (TPSA) is 113 Å². The summed E-state index contributed by atoms with van der Waals surface area (Å²) in [6.45, 7) is 1.17. The lowest BCUT2D eigenvalue weighted by atomic mass is 9.98. The molecule has 0 aromatic heterocycles. The third kappa shape index (κ3) is 7.30. The van der Waals surface area contributed by atoms with Crippen molar-refractivity contribution in [3.63, 3.8) is 0 Å². The Morgan fingerprint density at radius 3 is 2.06 bits per heavy atom. The average molecular weight is 481 g/mol. The van der Waals surface area contributed by atoms with Gasteiger partial charge >= 0.3 is 12.1 Å². The number of hydrogen-bond acceptors (Lipinski definition) is 5. The Kier molecular flexibility index (Phi) is 8.63. The van der Waals surface area contributed by atoms with Gasteiger partial charge in [-0.3, -0.25) is 10.1 Å². The van der Waals surface area contributed by atoms with Crippen LogP contribution in [0.1, 0.15) is 18.1 Å². The van der Waals surface area contributed by atoms with E-state index in [-0.39, 0.29) is 19.2 Å². The maximum Gasteiger partial charge on any atom is 0.410 e. The summed E-state index contributed by atoms with van der Waals surface area (Å²) in [5.41, 5.74) is 1.51. The van der Waals surface area contributed by atoms with Gasteiger partial charge in [-0.05, 0) is 35.6 Å². The van der Waals surface area contributed by atoms with Crippen molar-refractivity contribution in [1.29, 1.82) is 0 Å². The van der Waals surface area contributed by atoms with E-state index in [1.54, 1.807) is 24.3 Å². The zero-order valence-electron chi connectivity index (χ0n) is 18.8. The number of aliphatic hydroxyl groups is 1. The van der Waals surface area contributed by atoms with Crippen LogP contribution in [0.2, 0.25) is 0 Å². The number of ether oxygens (including phenoxy) is 1. The highest BCUT2D eigenvalue weighted by Crippen LogP contribution is 2.37. The standard InChI is InChI=1S/C26H28NO6P/c1-26(31,27-25(30)33-17-20-8-4-2-5-9-20)34(32)18-23(24(28)29)16-19-12-14-22(15-13-19)21-10-6-3-7-11-21/h2-15,23,31,34H,16-18H2,1H3,(H,27,30)(H,28,29)/t23?,26-/m1/s1. The fourth-order valence-corrected chi connectivity index (χ4v) is 4.85. The van der Waals surface area contributed by atoms with E-state index in [0.29, 0.717) is 0 Å². The number of rotatable bonds is 10. The fourth-order valence-electron chi connectivity index (χ4n) is 3.45. The van der Waals surface area contributed by atoms with E-state index < -0.39 is 31.2 Å². The van der Waals surface area contributed by atoms with Crippen molar-refractivity contribution in [1.82, 2.24) is 5.32 Å². The molecule has 34 heavy (non-hydrogen) atoms. The van der Waals surface area contributed by atoms with Crippen LogP contribution in [0.25, 0.3) is 11.1 Å². The molecule has 3 aromatic rings. The van der Waals surface area contributed by atoms with Gasteiger partial charge in [0.1, 0.15) is 14.4 Å². The third-order valence-electron chi connectivity index (χ3n) is 5.43. The molecule has 0 saturated heterocycles. The third-order valence-corrected chi connectivity index (χ3v) is 7.50. The van der Waals surface area contributed by atoms with Crippen LogP contribution in [0, 0.1) is 5.92 Å². The molecule has 178 valence electrons. The van der Waals surface area contributed by atoms with Crippen molar-refractivity contribution in [2.24, 2.45) is 5.92 Å². The summed E-state index contributed by atoms with van der Waals surface area (Å²) in [7, 11) is -2.94. The van der Waals surface area contributed by atoms with Crippen molar-refractivity contribution in [3.05, 3.63) is 96.1 Å². The van der Waals surface area contributed by atoms with Gasteiger partial charge in [-0.2, -0.15) is 0 Å². The molecule has 1 amide bonds. The number of carboxylic acid groups (broad SMARTS) is 1. The highest BCUT2D eigenvalue weighted by molar-refractivity contribution is 7.46. The molecule has 0 aliphatic carbocycles. The molecule has 3 N–H and O–H groups in total. The van der Waals surface area contributed by atoms with Crippen molar-refractivity contribution in [2.45, 2.75) is 25.4 Å². The SMILES string of the molecule is C[C@](O)(NC(=O)OCc1ccccc1)[PH](=O)CC(Cc1ccc(-c2ccccc2)cc1)C(=O)O. The molecule has 0 spiro atoms. The number of nitrogens with one attached hydrogen (secondary N) is 1. The van der Waals surface area contributed by atoms with Crippen molar-refractivity contribution >= 4 is 19.9 Å². The number of amides is 1. The van der Waals surface area contributed by atoms with Crippen LogP contribution in [0.3, 0.4) is 0 Å².